The van der Waals surface area contributed by atoms with Gasteiger partial charge >= 0.3 is 0 Å². The van der Waals surface area contributed by atoms with E-state index in [0.29, 0.717) is 18.0 Å². The zero-order valence-electron chi connectivity index (χ0n) is 12.1. The summed E-state index contributed by atoms with van der Waals surface area (Å²) in [5, 5.41) is 0. The smallest absolute Gasteiger partial charge is 0.0391 e. The third-order valence-electron chi connectivity index (χ3n) is 5.22. The van der Waals surface area contributed by atoms with Crippen molar-refractivity contribution in [2.24, 2.45) is 0 Å². The van der Waals surface area contributed by atoms with E-state index >= 15 is 0 Å². The van der Waals surface area contributed by atoms with E-state index < -0.39 is 0 Å². The van der Waals surface area contributed by atoms with E-state index in [1.165, 1.54) is 31.2 Å². The maximum atomic E-state index is 3.65. The van der Waals surface area contributed by atoms with Gasteiger partial charge in [0, 0.05) is 26.9 Å². The predicted octanol–water partition coefficient (Wildman–Crippen LogP) is 5.27. The third-order valence-corrected chi connectivity index (χ3v) is 6.20. The molecule has 3 aliphatic rings. The lowest BCUT2D eigenvalue weighted by Gasteiger charge is -2.42. The molecule has 5 rings (SSSR count). The molecule has 3 atom stereocenters. The molecule has 21 heavy (non-hydrogen) atoms. The van der Waals surface area contributed by atoms with Crippen LogP contribution in [0.5, 0.6) is 0 Å². The van der Waals surface area contributed by atoms with Crippen LogP contribution in [0.2, 0.25) is 0 Å². The second kappa shape index (κ2) is 4.94. The Bertz CT molecular complexity index is 725. The van der Waals surface area contributed by atoms with Gasteiger partial charge in [0.15, 0.2) is 0 Å². The minimum atomic E-state index is 0.453. The van der Waals surface area contributed by atoms with Crippen molar-refractivity contribution in [2.45, 2.75) is 31.3 Å². The molecule has 0 amide bonds. The lowest BCUT2D eigenvalue weighted by molar-refractivity contribution is 0.160. The quantitative estimate of drug-likeness (QED) is 0.575. The molecule has 108 valence electrons. The fourth-order valence-electron chi connectivity index (χ4n) is 4.05. The van der Waals surface area contributed by atoms with E-state index in [2.05, 4.69) is 87.1 Å². The van der Waals surface area contributed by atoms with Gasteiger partial charge in [-0.05, 0) is 66.9 Å². The predicted molar refractivity (Wildman–Crippen MR) is 93.8 cm³/mol. The SMILES string of the molecule is C[C@@H]1[C@H]2c3cc(Br)ccc3C[C@H](c3ccc(Br)cc32)N1C. The standard InChI is InChI=1S/C18H17Br2N/c1-10-18-15-8-12(19)4-3-11(15)7-17(21(10)2)14-6-5-13(20)9-16(14)18/h3-6,8-10,17-18H,7H2,1-2H3/t10-,17-,18+/m1/s1. The molecule has 0 N–H and O–H groups in total. The average Bonchev–Trinajstić information content (AvgIpc) is 2.64. The molecular weight excluding hydrogens is 390 g/mol. The normalized spacial score (nSPS) is 27.1. The molecule has 0 unspecified atom stereocenters. The Kier molecular flexibility index (Phi) is 3.29. The number of halogens is 2. The number of fused-ring (bicyclic) bond motifs is 1. The van der Waals surface area contributed by atoms with Crippen molar-refractivity contribution >= 4 is 31.9 Å². The Labute approximate surface area is 142 Å². The summed E-state index contributed by atoms with van der Waals surface area (Å²) in [6.07, 6.45) is 1.11. The zero-order chi connectivity index (χ0) is 14.7. The second-order valence-electron chi connectivity index (χ2n) is 6.22. The summed E-state index contributed by atoms with van der Waals surface area (Å²) < 4.78 is 2.36. The van der Waals surface area contributed by atoms with Gasteiger partial charge in [-0.2, -0.15) is 0 Å². The highest BCUT2D eigenvalue weighted by Gasteiger charge is 2.41. The van der Waals surface area contributed by atoms with Crippen LogP contribution in [0.3, 0.4) is 0 Å². The van der Waals surface area contributed by atoms with E-state index in [-0.39, 0.29) is 0 Å². The molecule has 2 aromatic rings. The van der Waals surface area contributed by atoms with E-state index in [1.54, 1.807) is 0 Å². The molecule has 2 heterocycles. The average molecular weight is 407 g/mol. The van der Waals surface area contributed by atoms with Crippen molar-refractivity contribution in [3.05, 3.63) is 67.6 Å². The highest BCUT2D eigenvalue weighted by Crippen LogP contribution is 2.49. The van der Waals surface area contributed by atoms with Gasteiger partial charge in [0.25, 0.3) is 0 Å². The molecule has 0 saturated carbocycles. The Hall–Kier alpha value is -0.640. The van der Waals surface area contributed by atoms with Gasteiger partial charge in [-0.15, -0.1) is 0 Å². The molecule has 0 aromatic heterocycles. The van der Waals surface area contributed by atoms with Gasteiger partial charge in [0.05, 0.1) is 0 Å². The minimum absolute atomic E-state index is 0.453. The van der Waals surface area contributed by atoms with Gasteiger partial charge in [-0.1, -0.05) is 44.0 Å². The summed E-state index contributed by atoms with van der Waals surface area (Å²) in [4.78, 5) is 2.55. The fraction of sp³-hybridized carbons (Fsp3) is 0.333. The van der Waals surface area contributed by atoms with Gasteiger partial charge in [-0.3, -0.25) is 4.90 Å². The lowest BCUT2D eigenvalue weighted by Crippen LogP contribution is -2.41. The number of hydrogen-bond donors (Lipinski definition) is 0. The van der Waals surface area contributed by atoms with Crippen molar-refractivity contribution in [1.29, 1.82) is 0 Å². The summed E-state index contributed by atoms with van der Waals surface area (Å²) in [5.74, 6) is 0.453. The van der Waals surface area contributed by atoms with Crippen LogP contribution in [0, 0.1) is 0 Å². The fourth-order valence-corrected chi connectivity index (χ4v) is 4.81. The summed E-state index contributed by atoms with van der Waals surface area (Å²) >= 11 is 7.31. The van der Waals surface area contributed by atoms with E-state index in [0.717, 1.165) is 6.42 Å². The minimum Gasteiger partial charge on any atom is -0.295 e. The van der Waals surface area contributed by atoms with Crippen LogP contribution in [0.1, 0.15) is 41.1 Å². The van der Waals surface area contributed by atoms with Crippen LogP contribution in [-0.2, 0) is 6.42 Å². The number of rotatable bonds is 0. The van der Waals surface area contributed by atoms with Crippen molar-refractivity contribution < 1.29 is 0 Å². The molecular formula is C18H17Br2N. The van der Waals surface area contributed by atoms with Crippen LogP contribution in [0.15, 0.2) is 45.3 Å². The summed E-state index contributed by atoms with van der Waals surface area (Å²) in [6.45, 7) is 2.36. The van der Waals surface area contributed by atoms with Crippen LogP contribution in [0.4, 0.5) is 0 Å². The first-order valence-corrected chi connectivity index (χ1v) is 8.94. The molecule has 1 nitrogen and oxygen atoms in total. The summed E-state index contributed by atoms with van der Waals surface area (Å²) in [6, 6.07) is 14.6. The number of benzene rings is 2. The van der Waals surface area contributed by atoms with Crippen LogP contribution < -0.4 is 0 Å². The molecule has 1 aliphatic carbocycles. The Morgan fingerprint density at radius 2 is 1.62 bits per heavy atom. The van der Waals surface area contributed by atoms with E-state index in [9.17, 15) is 0 Å². The molecule has 2 bridgehead atoms. The van der Waals surface area contributed by atoms with Crippen molar-refractivity contribution in [3.8, 4) is 0 Å². The maximum Gasteiger partial charge on any atom is 0.0391 e. The molecule has 0 spiro atoms. The van der Waals surface area contributed by atoms with Crippen LogP contribution in [0.25, 0.3) is 0 Å². The Morgan fingerprint density at radius 1 is 0.952 bits per heavy atom. The maximum absolute atomic E-state index is 3.65. The monoisotopic (exact) mass is 405 g/mol. The molecule has 2 aliphatic heterocycles. The molecule has 0 saturated heterocycles. The lowest BCUT2D eigenvalue weighted by atomic mass is 9.79. The summed E-state index contributed by atoms with van der Waals surface area (Å²) in [5.41, 5.74) is 5.98. The third kappa shape index (κ3) is 2.05. The second-order valence-corrected chi connectivity index (χ2v) is 8.05. The van der Waals surface area contributed by atoms with E-state index in [4.69, 9.17) is 0 Å². The van der Waals surface area contributed by atoms with Crippen LogP contribution >= 0.6 is 31.9 Å². The molecule has 0 fully saturated rings. The Morgan fingerprint density at radius 3 is 2.38 bits per heavy atom. The first kappa shape index (κ1) is 14.0. The highest BCUT2D eigenvalue weighted by molar-refractivity contribution is 9.10. The zero-order valence-corrected chi connectivity index (χ0v) is 15.3. The van der Waals surface area contributed by atoms with Gasteiger partial charge in [0.1, 0.15) is 0 Å². The molecule has 0 radical (unpaired) electrons. The number of nitrogens with zero attached hydrogens (tertiary/aromatic N) is 1. The van der Waals surface area contributed by atoms with Crippen molar-refractivity contribution in [3.63, 3.8) is 0 Å². The largest absolute Gasteiger partial charge is 0.295 e. The van der Waals surface area contributed by atoms with Gasteiger partial charge in [-0.25, -0.2) is 0 Å². The summed E-state index contributed by atoms with van der Waals surface area (Å²) in [7, 11) is 2.27. The number of hydrogen-bond acceptors (Lipinski definition) is 1. The van der Waals surface area contributed by atoms with Crippen molar-refractivity contribution in [2.75, 3.05) is 7.05 Å². The first-order chi connectivity index (χ1) is 10.1. The highest BCUT2D eigenvalue weighted by atomic mass is 79.9. The molecule has 3 heteroatoms. The Balaban J connectivity index is 2.03. The molecule has 2 aromatic carbocycles. The van der Waals surface area contributed by atoms with Crippen molar-refractivity contribution in [1.82, 2.24) is 4.90 Å². The van der Waals surface area contributed by atoms with Gasteiger partial charge < -0.3 is 0 Å². The first-order valence-electron chi connectivity index (χ1n) is 7.36. The number of likely N-dealkylation sites (N-methyl/N-ethyl adjacent to an activating group) is 1. The van der Waals surface area contributed by atoms with E-state index in [1.807, 2.05) is 0 Å². The van der Waals surface area contributed by atoms with Gasteiger partial charge in [0.2, 0.25) is 0 Å². The van der Waals surface area contributed by atoms with Crippen LogP contribution in [-0.4, -0.2) is 18.0 Å². The topological polar surface area (TPSA) is 3.24 Å².